The molecule has 0 saturated carbocycles. The Hall–Kier alpha value is -1.54. The zero-order valence-corrected chi connectivity index (χ0v) is 9.98. The quantitative estimate of drug-likeness (QED) is 0.795. The zero-order chi connectivity index (χ0) is 11.5. The molecular formula is C11H9BrN2O2. The van der Waals surface area contributed by atoms with Gasteiger partial charge in [-0.15, -0.1) is 0 Å². The van der Waals surface area contributed by atoms with E-state index in [9.17, 15) is 4.79 Å². The second-order valence-electron chi connectivity index (χ2n) is 3.39. The summed E-state index contributed by atoms with van der Waals surface area (Å²) in [6.45, 7) is 0.500. The maximum atomic E-state index is 11.6. The lowest BCUT2D eigenvalue weighted by Crippen LogP contribution is -2.41. The van der Waals surface area contributed by atoms with E-state index < -0.39 is 12.2 Å². The third-order valence-electron chi connectivity index (χ3n) is 2.37. The van der Waals surface area contributed by atoms with Gasteiger partial charge in [-0.2, -0.15) is 5.26 Å². The van der Waals surface area contributed by atoms with Gasteiger partial charge in [0.25, 0.3) is 0 Å². The fraction of sp³-hybridized carbons (Fsp3) is 0.273. The van der Waals surface area contributed by atoms with Gasteiger partial charge in [-0.05, 0) is 28.1 Å². The Morgan fingerprint density at radius 3 is 2.88 bits per heavy atom. The van der Waals surface area contributed by atoms with Crippen LogP contribution in [0.1, 0.15) is 6.42 Å². The number of hydrogen-bond donors (Lipinski definition) is 0. The second kappa shape index (κ2) is 4.54. The predicted molar refractivity (Wildman–Crippen MR) is 62.0 cm³/mol. The minimum absolute atomic E-state index is 0.468. The number of benzene rings is 1. The largest absolute Gasteiger partial charge is 0.430 e. The Balaban J connectivity index is 2.22. The van der Waals surface area contributed by atoms with E-state index in [-0.39, 0.29) is 0 Å². The lowest BCUT2D eigenvalue weighted by Gasteiger charge is -2.29. The third kappa shape index (κ3) is 2.02. The summed E-state index contributed by atoms with van der Waals surface area (Å²) in [6.07, 6.45) is -0.556. The summed E-state index contributed by atoms with van der Waals surface area (Å²) in [6, 6.07) is 9.36. The van der Waals surface area contributed by atoms with Gasteiger partial charge < -0.3 is 4.74 Å². The van der Waals surface area contributed by atoms with Crippen LogP contribution in [0.3, 0.4) is 0 Å². The molecule has 1 amide bonds. The van der Waals surface area contributed by atoms with E-state index in [0.29, 0.717) is 13.0 Å². The highest BCUT2D eigenvalue weighted by atomic mass is 79.9. The first-order valence-corrected chi connectivity index (χ1v) is 5.64. The van der Waals surface area contributed by atoms with Gasteiger partial charge in [0.15, 0.2) is 6.10 Å². The molecule has 0 radical (unpaired) electrons. The van der Waals surface area contributed by atoms with Crippen molar-refractivity contribution in [3.8, 4) is 6.07 Å². The van der Waals surface area contributed by atoms with Crippen molar-refractivity contribution >= 4 is 27.7 Å². The normalized spacial score (nSPS) is 20.1. The topological polar surface area (TPSA) is 53.3 Å². The molecule has 0 spiro atoms. The van der Waals surface area contributed by atoms with E-state index in [4.69, 9.17) is 10.00 Å². The molecule has 82 valence electrons. The molecular weight excluding hydrogens is 272 g/mol. The van der Waals surface area contributed by atoms with Gasteiger partial charge >= 0.3 is 6.09 Å². The molecule has 1 unspecified atom stereocenters. The van der Waals surface area contributed by atoms with Gasteiger partial charge in [-0.3, -0.25) is 4.90 Å². The smallest absolute Gasteiger partial charge is 0.415 e. The Bertz CT molecular complexity index is 456. The minimum Gasteiger partial charge on any atom is -0.430 e. The monoisotopic (exact) mass is 280 g/mol. The summed E-state index contributed by atoms with van der Waals surface area (Å²) >= 11 is 3.38. The number of carbonyl (C=O) groups is 1. The first kappa shape index (κ1) is 11.0. The SMILES string of the molecule is N#CC1CCN(c2ccccc2Br)C(=O)O1. The number of nitrogens with zero attached hydrogens (tertiary/aromatic N) is 2. The van der Waals surface area contributed by atoms with Crippen LogP contribution < -0.4 is 4.90 Å². The van der Waals surface area contributed by atoms with Crippen LogP contribution in [0.15, 0.2) is 28.7 Å². The number of halogens is 1. The first-order valence-electron chi connectivity index (χ1n) is 4.84. The molecule has 5 heteroatoms. The van der Waals surface area contributed by atoms with Gasteiger partial charge in [-0.1, -0.05) is 12.1 Å². The van der Waals surface area contributed by atoms with Crippen LogP contribution >= 0.6 is 15.9 Å². The summed E-state index contributed by atoms with van der Waals surface area (Å²) in [5.74, 6) is 0. The Labute approximate surface area is 102 Å². The summed E-state index contributed by atoms with van der Waals surface area (Å²) in [4.78, 5) is 13.2. The maximum absolute atomic E-state index is 11.6. The highest BCUT2D eigenvalue weighted by Crippen LogP contribution is 2.28. The van der Waals surface area contributed by atoms with Gasteiger partial charge in [0.1, 0.15) is 6.07 Å². The van der Waals surface area contributed by atoms with Crippen molar-refractivity contribution in [2.75, 3.05) is 11.4 Å². The fourth-order valence-electron chi connectivity index (χ4n) is 1.56. The Morgan fingerprint density at radius 1 is 1.50 bits per heavy atom. The van der Waals surface area contributed by atoms with Crippen molar-refractivity contribution in [1.82, 2.24) is 0 Å². The zero-order valence-electron chi connectivity index (χ0n) is 8.39. The highest BCUT2D eigenvalue weighted by molar-refractivity contribution is 9.10. The average Bonchev–Trinajstić information content (AvgIpc) is 2.30. The van der Waals surface area contributed by atoms with E-state index in [1.165, 1.54) is 4.90 Å². The molecule has 0 bridgehead atoms. The molecule has 1 atom stereocenters. The van der Waals surface area contributed by atoms with Crippen LogP contribution in [0.4, 0.5) is 10.5 Å². The minimum atomic E-state index is -0.619. The second-order valence-corrected chi connectivity index (χ2v) is 4.25. The van der Waals surface area contributed by atoms with Crippen LogP contribution in [-0.4, -0.2) is 18.7 Å². The van der Waals surface area contributed by atoms with E-state index >= 15 is 0 Å². The van der Waals surface area contributed by atoms with Crippen LogP contribution in [0.2, 0.25) is 0 Å². The number of amides is 1. The molecule has 2 rings (SSSR count). The number of rotatable bonds is 1. The fourth-order valence-corrected chi connectivity index (χ4v) is 2.06. The maximum Gasteiger partial charge on any atom is 0.415 e. The summed E-state index contributed by atoms with van der Waals surface area (Å²) in [7, 11) is 0. The molecule has 1 aromatic carbocycles. The molecule has 1 aliphatic heterocycles. The number of ether oxygens (including phenoxy) is 1. The molecule has 1 fully saturated rings. The third-order valence-corrected chi connectivity index (χ3v) is 3.04. The lowest BCUT2D eigenvalue weighted by molar-refractivity contribution is 0.111. The Kier molecular flexibility index (Phi) is 3.11. The Morgan fingerprint density at radius 2 is 2.25 bits per heavy atom. The summed E-state index contributed by atoms with van der Waals surface area (Å²) in [5, 5.41) is 8.67. The summed E-state index contributed by atoms with van der Waals surface area (Å²) in [5.41, 5.74) is 0.767. The molecule has 1 aromatic rings. The van der Waals surface area contributed by atoms with Gasteiger partial charge in [-0.25, -0.2) is 4.79 Å². The van der Waals surface area contributed by atoms with E-state index in [1.54, 1.807) is 0 Å². The van der Waals surface area contributed by atoms with Crippen molar-refractivity contribution in [3.63, 3.8) is 0 Å². The molecule has 4 nitrogen and oxygen atoms in total. The number of anilines is 1. The van der Waals surface area contributed by atoms with Crippen LogP contribution in [0.25, 0.3) is 0 Å². The number of carbonyl (C=O) groups excluding carboxylic acids is 1. The number of cyclic esters (lactones) is 1. The van der Waals surface area contributed by atoms with E-state index in [2.05, 4.69) is 15.9 Å². The van der Waals surface area contributed by atoms with Crippen LogP contribution in [-0.2, 0) is 4.74 Å². The molecule has 0 aromatic heterocycles. The number of nitriles is 1. The average molecular weight is 281 g/mol. The van der Waals surface area contributed by atoms with Crippen molar-refractivity contribution in [2.45, 2.75) is 12.5 Å². The van der Waals surface area contributed by atoms with Crippen molar-refractivity contribution in [1.29, 1.82) is 5.26 Å². The molecule has 1 heterocycles. The first-order chi connectivity index (χ1) is 7.72. The van der Waals surface area contributed by atoms with Gasteiger partial charge in [0, 0.05) is 17.4 Å². The highest BCUT2D eigenvalue weighted by Gasteiger charge is 2.28. The van der Waals surface area contributed by atoms with Gasteiger partial charge in [0.2, 0.25) is 0 Å². The number of hydrogen-bond acceptors (Lipinski definition) is 3. The summed E-state index contributed by atoms with van der Waals surface area (Å²) < 4.78 is 5.80. The standard InChI is InChI=1S/C11H9BrN2O2/c12-9-3-1-2-4-10(9)14-6-5-8(7-13)16-11(14)15/h1-4,8H,5-6H2. The van der Waals surface area contributed by atoms with Crippen LogP contribution in [0, 0.1) is 11.3 Å². The van der Waals surface area contributed by atoms with Crippen molar-refractivity contribution in [2.24, 2.45) is 0 Å². The van der Waals surface area contributed by atoms with Crippen molar-refractivity contribution in [3.05, 3.63) is 28.7 Å². The van der Waals surface area contributed by atoms with E-state index in [0.717, 1.165) is 10.2 Å². The molecule has 1 saturated heterocycles. The van der Waals surface area contributed by atoms with Gasteiger partial charge in [0.05, 0.1) is 5.69 Å². The molecule has 0 aliphatic carbocycles. The van der Waals surface area contributed by atoms with Crippen molar-refractivity contribution < 1.29 is 9.53 Å². The van der Waals surface area contributed by atoms with Crippen LogP contribution in [0.5, 0.6) is 0 Å². The molecule has 0 N–H and O–H groups in total. The predicted octanol–water partition coefficient (Wildman–Crippen LogP) is 2.69. The van der Waals surface area contributed by atoms with E-state index in [1.807, 2.05) is 30.3 Å². The molecule has 1 aliphatic rings. The lowest BCUT2D eigenvalue weighted by atomic mass is 10.2. The molecule has 16 heavy (non-hydrogen) atoms. The number of para-hydroxylation sites is 1.